The fourth-order valence-electron chi connectivity index (χ4n) is 3.80. The van der Waals surface area contributed by atoms with Gasteiger partial charge in [0.1, 0.15) is 24.4 Å². The summed E-state index contributed by atoms with van der Waals surface area (Å²) in [5, 5.41) is 2.83. The van der Waals surface area contributed by atoms with Crippen molar-refractivity contribution in [3.8, 4) is 28.6 Å². The number of ether oxygens (including phenoxy) is 3. The fourth-order valence-corrected chi connectivity index (χ4v) is 3.80. The van der Waals surface area contributed by atoms with E-state index in [-0.39, 0.29) is 22.8 Å². The van der Waals surface area contributed by atoms with Gasteiger partial charge in [-0.2, -0.15) is 4.39 Å². The number of hydrogen-bond donors (Lipinski definition) is 2. The van der Waals surface area contributed by atoms with Gasteiger partial charge in [-0.15, -0.1) is 0 Å². The molecule has 0 aliphatic carbocycles. The topological polar surface area (TPSA) is 107 Å². The number of pyridine rings is 1. The van der Waals surface area contributed by atoms with Crippen molar-refractivity contribution >= 4 is 11.4 Å². The van der Waals surface area contributed by atoms with E-state index < -0.39 is 17.4 Å². The first-order valence-electron chi connectivity index (χ1n) is 10.6. The highest BCUT2D eigenvalue weighted by Gasteiger charge is 2.20. The van der Waals surface area contributed by atoms with Gasteiger partial charge in [-0.25, -0.2) is 4.98 Å². The lowest BCUT2D eigenvalue weighted by molar-refractivity contribution is 0.0940. The van der Waals surface area contributed by atoms with Crippen LogP contribution in [0.3, 0.4) is 0 Å². The number of nitrogens with zero attached hydrogens (tertiary/aromatic N) is 2. The number of carbonyl (C=O) groups is 1. The van der Waals surface area contributed by atoms with Crippen molar-refractivity contribution in [2.75, 3.05) is 20.3 Å². The molecule has 2 N–H and O–H groups in total. The van der Waals surface area contributed by atoms with Crippen molar-refractivity contribution in [3.63, 3.8) is 0 Å². The van der Waals surface area contributed by atoms with Crippen molar-refractivity contribution in [2.45, 2.75) is 13.0 Å². The number of hydrogen-bond acceptors (Lipinski definition) is 6. The summed E-state index contributed by atoms with van der Waals surface area (Å²) < 4.78 is 32.6. The second-order valence-corrected chi connectivity index (χ2v) is 7.79. The van der Waals surface area contributed by atoms with Crippen molar-refractivity contribution in [3.05, 3.63) is 76.2 Å². The van der Waals surface area contributed by atoms with E-state index in [9.17, 15) is 9.59 Å². The van der Waals surface area contributed by atoms with Gasteiger partial charge in [-0.1, -0.05) is 6.07 Å². The van der Waals surface area contributed by atoms with E-state index >= 15 is 4.39 Å². The standard InChI is InChI=1S/C24H21FN4O5/c1-13(15-4-6-20(32-2)26-11-15)27-23(30)16-9-17-24(31)28-21(22(25)29(17)12-16)14-3-5-18-19(10-14)34-8-7-33-18/h3-6,9-13H,7-8H2,1-2H3,(H,27,30)(H,28,31). The molecule has 0 saturated carbocycles. The lowest BCUT2D eigenvalue weighted by Gasteiger charge is -2.19. The first-order valence-corrected chi connectivity index (χ1v) is 10.6. The van der Waals surface area contributed by atoms with Gasteiger partial charge in [0.15, 0.2) is 11.5 Å². The fraction of sp³-hybridized carbons (Fsp3) is 0.208. The van der Waals surface area contributed by atoms with Gasteiger partial charge in [0.25, 0.3) is 11.5 Å². The molecule has 1 aliphatic heterocycles. The zero-order valence-corrected chi connectivity index (χ0v) is 18.4. The second-order valence-electron chi connectivity index (χ2n) is 7.79. The number of rotatable bonds is 5. The van der Waals surface area contributed by atoms with Crippen LogP contribution >= 0.6 is 0 Å². The number of aromatic amines is 1. The third kappa shape index (κ3) is 3.83. The minimum atomic E-state index is -0.710. The number of H-pyrrole nitrogens is 1. The number of carbonyl (C=O) groups excluding carboxylic acids is 1. The highest BCUT2D eigenvalue weighted by molar-refractivity contribution is 5.95. The van der Waals surface area contributed by atoms with Gasteiger partial charge in [0.05, 0.1) is 18.7 Å². The first kappa shape index (κ1) is 21.5. The average Bonchev–Trinajstić information content (AvgIpc) is 3.33. The van der Waals surface area contributed by atoms with Gasteiger partial charge in [-0.3, -0.25) is 14.0 Å². The van der Waals surface area contributed by atoms with Crippen LogP contribution in [0.4, 0.5) is 4.39 Å². The largest absolute Gasteiger partial charge is 0.486 e. The summed E-state index contributed by atoms with van der Waals surface area (Å²) in [6.07, 6.45) is 2.90. The number of fused-ring (bicyclic) bond motifs is 2. The molecule has 3 aromatic heterocycles. The number of nitrogens with one attached hydrogen (secondary N) is 2. The minimum absolute atomic E-state index is 0.0164. The quantitative estimate of drug-likeness (QED) is 0.470. The Labute approximate surface area is 193 Å². The molecule has 1 aliphatic rings. The molecular formula is C24H21FN4O5. The Morgan fingerprint density at radius 3 is 2.74 bits per heavy atom. The summed E-state index contributed by atoms with van der Waals surface area (Å²) in [5.74, 6) is 0.326. The number of methoxy groups -OCH3 is 1. The van der Waals surface area contributed by atoms with E-state index in [0.29, 0.717) is 36.2 Å². The van der Waals surface area contributed by atoms with Crippen LogP contribution in [-0.4, -0.2) is 40.6 Å². The predicted octanol–water partition coefficient (Wildman–Crippen LogP) is 3.10. The molecule has 0 bridgehead atoms. The van der Waals surface area contributed by atoms with Gasteiger partial charge < -0.3 is 24.5 Å². The normalized spacial score (nSPS) is 13.5. The van der Waals surface area contributed by atoms with Crippen molar-refractivity contribution in [2.24, 2.45) is 0 Å². The van der Waals surface area contributed by atoms with E-state index in [1.54, 1.807) is 43.5 Å². The summed E-state index contributed by atoms with van der Waals surface area (Å²) in [5.41, 5.74) is 0.802. The molecule has 1 amide bonds. The van der Waals surface area contributed by atoms with Crippen LogP contribution in [0.1, 0.15) is 28.9 Å². The van der Waals surface area contributed by atoms with Crippen molar-refractivity contribution in [1.82, 2.24) is 19.7 Å². The van der Waals surface area contributed by atoms with E-state index in [1.165, 1.54) is 19.4 Å². The zero-order valence-electron chi connectivity index (χ0n) is 18.4. The molecule has 1 atom stereocenters. The summed E-state index contributed by atoms with van der Waals surface area (Å²) in [6.45, 7) is 2.62. The molecule has 1 aromatic carbocycles. The Kier molecular flexibility index (Phi) is 5.40. The summed E-state index contributed by atoms with van der Waals surface area (Å²) in [6, 6.07) is 9.37. The Morgan fingerprint density at radius 2 is 2.00 bits per heavy atom. The van der Waals surface area contributed by atoms with Gasteiger partial charge >= 0.3 is 0 Å². The third-order valence-corrected chi connectivity index (χ3v) is 5.62. The summed E-state index contributed by atoms with van der Waals surface area (Å²) >= 11 is 0. The number of amides is 1. The molecule has 0 spiro atoms. The molecule has 5 rings (SSSR count). The van der Waals surface area contributed by atoms with Crippen LogP contribution in [0.5, 0.6) is 17.4 Å². The summed E-state index contributed by atoms with van der Waals surface area (Å²) in [4.78, 5) is 32.2. The molecule has 0 saturated heterocycles. The molecule has 0 fully saturated rings. The van der Waals surface area contributed by atoms with E-state index in [4.69, 9.17) is 14.2 Å². The molecular weight excluding hydrogens is 443 g/mol. The van der Waals surface area contributed by atoms with E-state index in [1.807, 2.05) is 0 Å². The highest BCUT2D eigenvalue weighted by Crippen LogP contribution is 2.34. The summed E-state index contributed by atoms with van der Waals surface area (Å²) in [7, 11) is 1.52. The van der Waals surface area contributed by atoms with Gasteiger partial charge in [0.2, 0.25) is 11.8 Å². The predicted molar refractivity (Wildman–Crippen MR) is 121 cm³/mol. The lowest BCUT2D eigenvalue weighted by atomic mass is 10.1. The third-order valence-electron chi connectivity index (χ3n) is 5.62. The maximum Gasteiger partial charge on any atom is 0.272 e. The zero-order chi connectivity index (χ0) is 23.8. The maximum absolute atomic E-state index is 15.4. The number of halogens is 1. The van der Waals surface area contributed by atoms with Crippen molar-refractivity contribution in [1.29, 1.82) is 0 Å². The van der Waals surface area contributed by atoms with Crippen LogP contribution in [0.15, 0.2) is 53.6 Å². The molecule has 174 valence electrons. The smallest absolute Gasteiger partial charge is 0.272 e. The van der Waals surface area contributed by atoms with Crippen LogP contribution in [0, 0.1) is 5.95 Å². The van der Waals surface area contributed by atoms with Crippen molar-refractivity contribution < 1.29 is 23.4 Å². The highest BCUT2D eigenvalue weighted by atomic mass is 19.1. The average molecular weight is 464 g/mol. The molecule has 4 heterocycles. The Bertz CT molecular complexity index is 1440. The molecule has 9 nitrogen and oxygen atoms in total. The van der Waals surface area contributed by atoms with Gasteiger partial charge in [-0.05, 0) is 36.8 Å². The molecule has 0 radical (unpaired) electrons. The lowest BCUT2D eigenvalue weighted by Crippen LogP contribution is -2.26. The van der Waals surface area contributed by atoms with E-state index in [2.05, 4.69) is 15.3 Å². The molecule has 34 heavy (non-hydrogen) atoms. The number of benzene rings is 1. The Hall–Kier alpha value is -4.34. The maximum atomic E-state index is 15.4. The van der Waals surface area contributed by atoms with Gasteiger partial charge in [0, 0.05) is 24.0 Å². The van der Waals surface area contributed by atoms with E-state index in [0.717, 1.165) is 9.96 Å². The molecule has 10 heteroatoms. The second kappa shape index (κ2) is 8.54. The Balaban J connectivity index is 1.45. The SMILES string of the molecule is COc1ccc(C(C)NC(=O)c2cc3c(=O)[nH]c(-c4ccc5c(c4)OCCO5)c(F)n3c2)cn1. The van der Waals surface area contributed by atoms with Crippen LogP contribution in [0.25, 0.3) is 16.8 Å². The van der Waals surface area contributed by atoms with Crippen LogP contribution in [0.2, 0.25) is 0 Å². The van der Waals surface area contributed by atoms with Crippen LogP contribution < -0.4 is 25.1 Å². The van der Waals surface area contributed by atoms with Crippen LogP contribution in [-0.2, 0) is 0 Å². The minimum Gasteiger partial charge on any atom is -0.486 e. The monoisotopic (exact) mass is 464 g/mol. The molecule has 4 aromatic rings. The first-order chi connectivity index (χ1) is 16.4. The molecule has 1 unspecified atom stereocenters. The number of aromatic nitrogens is 3. The Morgan fingerprint density at radius 1 is 1.21 bits per heavy atom.